The third-order valence-corrected chi connectivity index (χ3v) is 8.08. The summed E-state index contributed by atoms with van der Waals surface area (Å²) >= 11 is 9.55. The van der Waals surface area contributed by atoms with E-state index in [1.54, 1.807) is 6.07 Å². The summed E-state index contributed by atoms with van der Waals surface area (Å²) in [5.74, 6) is -0.590. The van der Waals surface area contributed by atoms with Crippen LogP contribution in [0.1, 0.15) is 16.7 Å². The number of carbonyl (C=O) groups is 1. The van der Waals surface area contributed by atoms with Crippen LogP contribution in [0.15, 0.2) is 28.7 Å². The maximum absolute atomic E-state index is 15.5. The number of halogens is 3. The molecule has 3 heterocycles. The Hall–Kier alpha value is -2.93. The number of nitrogens with zero attached hydrogens (tertiary/aromatic N) is 5. The minimum atomic E-state index is -0.982. The van der Waals surface area contributed by atoms with Gasteiger partial charge >= 0.3 is 6.09 Å². The number of hydrogen-bond donors (Lipinski definition) is 1. The molecule has 0 unspecified atom stereocenters. The number of amides is 1. The van der Waals surface area contributed by atoms with E-state index in [1.807, 2.05) is 17.0 Å². The molecule has 3 aromatic rings. The maximum Gasteiger partial charge on any atom is 0.407 e. The molecule has 1 saturated heterocycles. The largest absolute Gasteiger partial charge is 0.465 e. The Morgan fingerprint density at radius 1 is 1.26 bits per heavy atom. The highest BCUT2D eigenvalue weighted by Crippen LogP contribution is 2.42. The fourth-order valence-electron chi connectivity index (χ4n) is 5.01. The highest BCUT2D eigenvalue weighted by Gasteiger charge is 2.29. The van der Waals surface area contributed by atoms with Gasteiger partial charge in [-0.25, -0.2) is 14.2 Å². The Kier molecular flexibility index (Phi) is 6.30. The lowest BCUT2D eigenvalue weighted by atomic mass is 9.90. The van der Waals surface area contributed by atoms with Gasteiger partial charge < -0.3 is 19.8 Å². The van der Waals surface area contributed by atoms with Crippen molar-refractivity contribution in [3.63, 3.8) is 0 Å². The van der Waals surface area contributed by atoms with E-state index in [0.29, 0.717) is 35.4 Å². The third-order valence-electron chi connectivity index (χ3n) is 6.78. The van der Waals surface area contributed by atoms with Crippen LogP contribution in [-0.4, -0.2) is 65.8 Å². The van der Waals surface area contributed by atoms with Gasteiger partial charge in [-0.2, -0.15) is 5.26 Å². The number of aromatic nitrogens is 1. The van der Waals surface area contributed by atoms with E-state index in [2.05, 4.69) is 40.0 Å². The van der Waals surface area contributed by atoms with Gasteiger partial charge in [0.25, 0.3) is 0 Å². The van der Waals surface area contributed by atoms with E-state index in [0.717, 1.165) is 36.2 Å². The van der Waals surface area contributed by atoms with Gasteiger partial charge in [-0.15, -0.1) is 0 Å². The second kappa shape index (κ2) is 9.26. The molecule has 1 amide bonds. The van der Waals surface area contributed by atoms with E-state index in [9.17, 15) is 15.2 Å². The van der Waals surface area contributed by atoms with Crippen LogP contribution in [-0.2, 0) is 13.0 Å². The predicted octanol–water partition coefficient (Wildman–Crippen LogP) is 5.12. The van der Waals surface area contributed by atoms with Crippen LogP contribution in [0.4, 0.5) is 14.9 Å². The first-order valence-electron chi connectivity index (χ1n) is 11.2. The fraction of sp³-hybridized carbons (Fsp3) is 0.320. The van der Waals surface area contributed by atoms with Crippen molar-refractivity contribution in [3.05, 3.63) is 56.3 Å². The number of fused-ring (bicyclic) bond motifs is 2. The van der Waals surface area contributed by atoms with Crippen molar-refractivity contribution in [1.82, 2.24) is 14.8 Å². The van der Waals surface area contributed by atoms with Crippen molar-refractivity contribution in [2.45, 2.75) is 13.0 Å². The number of nitriles is 1. The number of likely N-dealkylation sites (N-methyl/N-ethyl adjacent to an activating group) is 1. The lowest BCUT2D eigenvalue weighted by Crippen LogP contribution is -2.48. The smallest absolute Gasteiger partial charge is 0.407 e. The second-order valence-corrected chi connectivity index (χ2v) is 10.1. The van der Waals surface area contributed by atoms with E-state index < -0.39 is 11.9 Å². The Morgan fingerprint density at radius 2 is 2.00 bits per heavy atom. The molecule has 0 saturated carbocycles. The summed E-state index contributed by atoms with van der Waals surface area (Å²) < 4.78 is 15.6. The minimum absolute atomic E-state index is 0.119. The quantitative estimate of drug-likeness (QED) is 0.440. The topological polar surface area (TPSA) is 83.7 Å². The molecule has 1 N–H and O–H groups in total. The molecule has 0 atom stereocenters. The van der Waals surface area contributed by atoms with Crippen LogP contribution in [0.3, 0.4) is 0 Å². The molecule has 5 rings (SSSR count). The highest BCUT2D eigenvalue weighted by molar-refractivity contribution is 9.10. The van der Waals surface area contributed by atoms with Crippen LogP contribution in [0, 0.1) is 17.1 Å². The zero-order valence-corrected chi connectivity index (χ0v) is 21.3. The van der Waals surface area contributed by atoms with Crippen LogP contribution >= 0.6 is 27.5 Å². The Balaban J connectivity index is 1.78. The molecule has 2 aromatic carbocycles. The van der Waals surface area contributed by atoms with E-state index >= 15 is 4.39 Å². The standard InChI is InChI=1S/C25H22BrClFN5O2/c1-31-6-5-15-14(13-31)3-2-4-16(15)22-18(12-29)24(32-7-9-33(10-8-32)25(34)35)17-11-19(27)20(26)21(28)23(17)30-22/h2-4,11H,5-10,13H2,1H3,(H,34,35). The summed E-state index contributed by atoms with van der Waals surface area (Å²) in [6.45, 7) is 2.95. The van der Waals surface area contributed by atoms with Crippen molar-refractivity contribution >= 4 is 50.2 Å². The first-order valence-corrected chi connectivity index (χ1v) is 12.4. The average Bonchev–Trinajstić information content (AvgIpc) is 2.86. The average molecular weight is 559 g/mol. The van der Waals surface area contributed by atoms with Gasteiger partial charge in [0, 0.05) is 50.2 Å². The maximum atomic E-state index is 15.5. The molecule has 180 valence electrons. The van der Waals surface area contributed by atoms with Gasteiger partial charge in [0.2, 0.25) is 0 Å². The van der Waals surface area contributed by atoms with Gasteiger partial charge in [-0.1, -0.05) is 29.8 Å². The molecule has 2 aliphatic heterocycles. The van der Waals surface area contributed by atoms with Crippen molar-refractivity contribution in [2.24, 2.45) is 0 Å². The van der Waals surface area contributed by atoms with Gasteiger partial charge in [0.05, 0.1) is 20.9 Å². The number of rotatable bonds is 2. The van der Waals surface area contributed by atoms with Gasteiger partial charge in [-0.05, 0) is 46.6 Å². The first kappa shape index (κ1) is 23.8. The molecule has 0 spiro atoms. The third kappa shape index (κ3) is 4.10. The monoisotopic (exact) mass is 557 g/mol. The molecular weight excluding hydrogens is 537 g/mol. The summed E-state index contributed by atoms with van der Waals surface area (Å²) in [4.78, 5) is 21.7. The second-order valence-electron chi connectivity index (χ2n) is 8.87. The van der Waals surface area contributed by atoms with Crippen molar-refractivity contribution in [1.29, 1.82) is 5.26 Å². The lowest BCUT2D eigenvalue weighted by molar-refractivity contribution is 0.142. The minimum Gasteiger partial charge on any atom is -0.465 e. The SMILES string of the molecule is CN1CCc2c(cccc2-c2nc3c(F)c(Br)c(Cl)cc3c(N3CCN(C(=O)O)CC3)c2C#N)C1. The molecule has 0 aliphatic carbocycles. The molecular formula is C25H22BrClFN5O2. The van der Waals surface area contributed by atoms with Crippen LogP contribution in [0.2, 0.25) is 5.02 Å². The van der Waals surface area contributed by atoms with E-state index in [-0.39, 0.29) is 28.1 Å². The summed E-state index contributed by atoms with van der Waals surface area (Å²) in [5.41, 5.74) is 4.54. The summed E-state index contributed by atoms with van der Waals surface area (Å²) in [5, 5.41) is 20.3. The Bertz CT molecular complexity index is 1400. The van der Waals surface area contributed by atoms with Crippen LogP contribution in [0.25, 0.3) is 22.2 Å². The molecule has 0 bridgehead atoms. The summed E-state index contributed by atoms with van der Waals surface area (Å²) in [6, 6.07) is 9.91. The first-order chi connectivity index (χ1) is 16.8. The molecule has 0 radical (unpaired) electrons. The van der Waals surface area contributed by atoms with Crippen LogP contribution in [0.5, 0.6) is 0 Å². The molecule has 35 heavy (non-hydrogen) atoms. The predicted molar refractivity (Wildman–Crippen MR) is 136 cm³/mol. The van der Waals surface area contributed by atoms with Crippen molar-refractivity contribution in [3.8, 4) is 17.3 Å². The molecule has 1 fully saturated rings. The zero-order chi connectivity index (χ0) is 24.9. The van der Waals surface area contributed by atoms with Crippen molar-refractivity contribution in [2.75, 3.05) is 44.7 Å². The fourth-order valence-corrected chi connectivity index (χ4v) is 5.51. The summed E-state index contributed by atoms with van der Waals surface area (Å²) in [7, 11) is 2.07. The van der Waals surface area contributed by atoms with Crippen LogP contribution < -0.4 is 4.90 Å². The zero-order valence-electron chi connectivity index (χ0n) is 19.0. The normalized spacial score (nSPS) is 16.3. The Labute approximate surface area is 215 Å². The summed E-state index contributed by atoms with van der Waals surface area (Å²) in [6.07, 6.45) is -0.184. The van der Waals surface area contributed by atoms with Crippen molar-refractivity contribution < 1.29 is 14.3 Å². The molecule has 2 aliphatic rings. The molecule has 10 heteroatoms. The number of piperazine rings is 1. The Morgan fingerprint density at radius 3 is 2.69 bits per heavy atom. The number of benzene rings is 2. The number of carboxylic acid groups (broad SMARTS) is 1. The van der Waals surface area contributed by atoms with Gasteiger partial charge in [-0.3, -0.25) is 0 Å². The lowest BCUT2D eigenvalue weighted by Gasteiger charge is -2.36. The highest BCUT2D eigenvalue weighted by atomic mass is 79.9. The van der Waals surface area contributed by atoms with E-state index in [4.69, 9.17) is 16.6 Å². The van der Waals surface area contributed by atoms with Gasteiger partial charge in [0.15, 0.2) is 5.82 Å². The molecule has 7 nitrogen and oxygen atoms in total. The molecule has 1 aromatic heterocycles. The number of anilines is 1. The van der Waals surface area contributed by atoms with E-state index in [1.165, 1.54) is 4.90 Å². The number of pyridine rings is 1. The van der Waals surface area contributed by atoms with Gasteiger partial charge in [0.1, 0.15) is 17.1 Å². The number of hydrogen-bond acceptors (Lipinski definition) is 5.